The van der Waals surface area contributed by atoms with Gasteiger partial charge in [-0.15, -0.1) is 0 Å². The second kappa shape index (κ2) is 5.12. The molecule has 1 atom stereocenters. The van der Waals surface area contributed by atoms with Gasteiger partial charge in [-0.1, -0.05) is 36.2 Å². The molecule has 98 valence electrons. The highest BCUT2D eigenvalue weighted by atomic mass is 79.9. The summed E-state index contributed by atoms with van der Waals surface area (Å²) in [6.07, 6.45) is 3.34. The molecule has 0 N–H and O–H groups in total. The van der Waals surface area contributed by atoms with Crippen LogP contribution in [0.25, 0.3) is 0 Å². The predicted molar refractivity (Wildman–Crippen MR) is 73.9 cm³/mol. The average molecular weight is 313 g/mol. The number of Topliss-reactive ketones (excluding diaryl/α,β-unsaturated/α-hetero) is 1. The number of hydrogen-bond donors (Lipinski definition) is 0. The summed E-state index contributed by atoms with van der Waals surface area (Å²) in [4.78, 5) is 12.3. The third-order valence-corrected chi connectivity index (χ3v) is 4.51. The van der Waals surface area contributed by atoms with E-state index >= 15 is 0 Å². The number of carbonyl (C=O) groups is 1. The van der Waals surface area contributed by atoms with Gasteiger partial charge >= 0.3 is 0 Å². The van der Waals surface area contributed by atoms with Crippen LogP contribution in [0.15, 0.2) is 22.7 Å². The topological polar surface area (TPSA) is 17.1 Å². The van der Waals surface area contributed by atoms with Crippen molar-refractivity contribution >= 4 is 21.7 Å². The quantitative estimate of drug-likeness (QED) is 0.801. The van der Waals surface area contributed by atoms with Crippen molar-refractivity contribution in [3.8, 4) is 0 Å². The first-order valence-electron chi connectivity index (χ1n) is 6.37. The lowest BCUT2D eigenvalue weighted by atomic mass is 9.78. The van der Waals surface area contributed by atoms with Crippen LogP contribution in [0.1, 0.15) is 38.7 Å². The number of rotatable bonds is 3. The van der Waals surface area contributed by atoms with E-state index in [2.05, 4.69) is 29.8 Å². The Bertz CT molecular complexity index is 468. The Morgan fingerprint density at radius 3 is 2.83 bits per heavy atom. The molecule has 1 aliphatic rings. The summed E-state index contributed by atoms with van der Waals surface area (Å²) in [6.45, 7) is 4.28. The Morgan fingerprint density at radius 2 is 2.22 bits per heavy atom. The van der Waals surface area contributed by atoms with Crippen molar-refractivity contribution in [1.82, 2.24) is 0 Å². The third kappa shape index (κ3) is 2.82. The fraction of sp³-hybridized carbons (Fsp3) is 0.533. The fourth-order valence-corrected chi connectivity index (χ4v) is 3.32. The lowest BCUT2D eigenvalue weighted by molar-refractivity contribution is -0.124. The highest BCUT2D eigenvalue weighted by molar-refractivity contribution is 9.10. The maximum absolute atomic E-state index is 13.6. The zero-order valence-electron chi connectivity index (χ0n) is 10.8. The van der Waals surface area contributed by atoms with Gasteiger partial charge in [0.15, 0.2) is 0 Å². The molecule has 3 heteroatoms. The first kappa shape index (κ1) is 13.7. The summed E-state index contributed by atoms with van der Waals surface area (Å²) >= 11 is 3.31. The summed E-state index contributed by atoms with van der Waals surface area (Å²) in [7, 11) is 0. The Balaban J connectivity index is 2.14. The van der Waals surface area contributed by atoms with Crippen molar-refractivity contribution in [2.75, 3.05) is 0 Å². The molecule has 1 aliphatic carbocycles. The lowest BCUT2D eigenvalue weighted by Crippen LogP contribution is -2.27. The predicted octanol–water partition coefficient (Wildman–Crippen LogP) is 4.53. The Morgan fingerprint density at radius 1 is 1.50 bits per heavy atom. The van der Waals surface area contributed by atoms with Crippen LogP contribution in [0.3, 0.4) is 0 Å². The summed E-state index contributed by atoms with van der Waals surface area (Å²) in [6, 6.07) is 4.77. The number of carbonyl (C=O) groups excluding carboxylic acids is 1. The van der Waals surface area contributed by atoms with Crippen LogP contribution in [-0.2, 0) is 11.2 Å². The van der Waals surface area contributed by atoms with Crippen molar-refractivity contribution in [3.63, 3.8) is 0 Å². The maximum atomic E-state index is 13.6. The van der Waals surface area contributed by atoms with E-state index in [0.717, 1.165) is 23.7 Å². The summed E-state index contributed by atoms with van der Waals surface area (Å²) < 4.78 is 14.5. The molecule has 1 aromatic carbocycles. The molecule has 1 unspecified atom stereocenters. The van der Waals surface area contributed by atoms with Gasteiger partial charge in [-0.2, -0.15) is 0 Å². The SMILES string of the molecule is CC1(C)CCCC1C(=O)Cc1cc(Br)ccc1F. The van der Waals surface area contributed by atoms with Gasteiger partial charge in [-0.3, -0.25) is 4.79 Å². The van der Waals surface area contributed by atoms with E-state index in [1.54, 1.807) is 12.1 Å². The molecule has 0 bridgehead atoms. The summed E-state index contributed by atoms with van der Waals surface area (Å²) in [5.41, 5.74) is 0.566. The minimum Gasteiger partial charge on any atom is -0.299 e. The van der Waals surface area contributed by atoms with Crippen molar-refractivity contribution in [3.05, 3.63) is 34.1 Å². The standard InChI is InChI=1S/C15H18BrFO/c1-15(2)7-3-4-12(15)14(18)9-10-8-11(16)5-6-13(10)17/h5-6,8,12H,3-4,7,9H2,1-2H3. The molecular formula is C15H18BrFO. The largest absolute Gasteiger partial charge is 0.299 e. The molecule has 0 spiro atoms. The highest BCUT2D eigenvalue weighted by Gasteiger charge is 2.38. The Labute approximate surface area is 116 Å². The minimum atomic E-state index is -0.289. The fourth-order valence-electron chi connectivity index (χ4n) is 2.91. The zero-order chi connectivity index (χ0) is 13.3. The average Bonchev–Trinajstić information content (AvgIpc) is 2.63. The van der Waals surface area contributed by atoms with Gasteiger partial charge in [0, 0.05) is 16.8 Å². The molecule has 1 nitrogen and oxygen atoms in total. The van der Waals surface area contributed by atoms with Crippen LogP contribution in [0.2, 0.25) is 0 Å². The van der Waals surface area contributed by atoms with Crippen LogP contribution in [0.5, 0.6) is 0 Å². The van der Waals surface area contributed by atoms with Crippen LogP contribution < -0.4 is 0 Å². The normalized spacial score (nSPS) is 22.1. The molecule has 1 saturated carbocycles. The molecule has 0 aliphatic heterocycles. The second-order valence-electron chi connectivity index (χ2n) is 5.81. The summed E-state index contributed by atoms with van der Waals surface area (Å²) in [5.74, 6) is -0.0345. The van der Waals surface area contributed by atoms with E-state index in [4.69, 9.17) is 0 Å². The van der Waals surface area contributed by atoms with E-state index in [0.29, 0.717) is 5.56 Å². The molecule has 2 rings (SSSR count). The van der Waals surface area contributed by atoms with Gasteiger partial charge in [-0.05, 0) is 42.0 Å². The molecule has 0 heterocycles. The molecule has 0 saturated heterocycles. The molecule has 1 fully saturated rings. The van der Waals surface area contributed by atoms with Gasteiger partial charge in [0.1, 0.15) is 11.6 Å². The smallest absolute Gasteiger partial charge is 0.140 e. The number of hydrogen-bond acceptors (Lipinski definition) is 1. The lowest BCUT2D eigenvalue weighted by Gasteiger charge is -2.25. The molecule has 0 amide bonds. The minimum absolute atomic E-state index is 0.0690. The van der Waals surface area contributed by atoms with Gasteiger partial charge in [0.25, 0.3) is 0 Å². The van der Waals surface area contributed by atoms with Crippen LogP contribution in [0, 0.1) is 17.2 Å². The third-order valence-electron chi connectivity index (χ3n) is 4.02. The zero-order valence-corrected chi connectivity index (χ0v) is 12.4. The van der Waals surface area contributed by atoms with Crippen LogP contribution >= 0.6 is 15.9 Å². The summed E-state index contributed by atoms with van der Waals surface area (Å²) in [5, 5.41) is 0. The van der Waals surface area contributed by atoms with E-state index in [-0.39, 0.29) is 29.4 Å². The second-order valence-corrected chi connectivity index (χ2v) is 6.73. The van der Waals surface area contributed by atoms with Crippen molar-refractivity contribution in [2.45, 2.75) is 39.5 Å². The number of benzene rings is 1. The van der Waals surface area contributed by atoms with Crippen LogP contribution in [-0.4, -0.2) is 5.78 Å². The molecule has 0 aromatic heterocycles. The first-order valence-corrected chi connectivity index (χ1v) is 7.16. The van der Waals surface area contributed by atoms with Crippen molar-refractivity contribution in [1.29, 1.82) is 0 Å². The van der Waals surface area contributed by atoms with Crippen molar-refractivity contribution in [2.24, 2.45) is 11.3 Å². The molecule has 0 radical (unpaired) electrons. The van der Waals surface area contributed by atoms with E-state index < -0.39 is 0 Å². The van der Waals surface area contributed by atoms with Gasteiger partial charge in [0.2, 0.25) is 0 Å². The first-order chi connectivity index (χ1) is 8.40. The highest BCUT2D eigenvalue weighted by Crippen LogP contribution is 2.43. The molecular weight excluding hydrogens is 295 g/mol. The number of halogens is 2. The van der Waals surface area contributed by atoms with E-state index in [1.807, 2.05) is 0 Å². The molecule has 18 heavy (non-hydrogen) atoms. The number of ketones is 1. The van der Waals surface area contributed by atoms with Gasteiger partial charge < -0.3 is 0 Å². The van der Waals surface area contributed by atoms with Crippen LogP contribution in [0.4, 0.5) is 4.39 Å². The van der Waals surface area contributed by atoms with E-state index in [9.17, 15) is 9.18 Å². The maximum Gasteiger partial charge on any atom is 0.140 e. The van der Waals surface area contributed by atoms with E-state index in [1.165, 1.54) is 6.07 Å². The van der Waals surface area contributed by atoms with Gasteiger partial charge in [-0.25, -0.2) is 4.39 Å². The molecule has 1 aromatic rings. The Kier molecular flexibility index (Phi) is 3.90. The van der Waals surface area contributed by atoms with Gasteiger partial charge in [0.05, 0.1) is 0 Å². The monoisotopic (exact) mass is 312 g/mol. The van der Waals surface area contributed by atoms with Crippen molar-refractivity contribution < 1.29 is 9.18 Å². The Hall–Kier alpha value is -0.700.